The molecule has 172 valence electrons. The third-order valence-electron chi connectivity index (χ3n) is 5.05. The van der Waals surface area contributed by atoms with Crippen molar-refractivity contribution in [3.05, 3.63) is 71.3 Å². The Morgan fingerprint density at radius 1 is 1.19 bits per heavy atom. The smallest absolute Gasteiger partial charge is 0.305 e. The van der Waals surface area contributed by atoms with Crippen molar-refractivity contribution in [3.8, 4) is 0 Å². The van der Waals surface area contributed by atoms with Crippen LogP contribution in [0, 0.1) is 11.6 Å². The molecule has 0 aromatic heterocycles. The van der Waals surface area contributed by atoms with E-state index in [1.54, 1.807) is 24.3 Å². The summed E-state index contributed by atoms with van der Waals surface area (Å²) in [4.78, 5) is 19.1. The fraction of sp³-hybridized carbons (Fsp3) is 0.417. The SMILES string of the molecule is CCCC(=O)OC[C@@H](O)CN(Cc1ccc(F)cc1)C[C@@H]1CC(c2ccc(F)cc2)=NO1. The number of carbonyl (C=O) groups excluding carboxylic acids is 1. The molecule has 0 spiro atoms. The number of esters is 1. The number of aliphatic hydroxyl groups is 1. The molecular formula is C24H28F2N2O4. The van der Waals surface area contributed by atoms with Gasteiger partial charge in [0.2, 0.25) is 0 Å². The summed E-state index contributed by atoms with van der Waals surface area (Å²) in [6, 6.07) is 12.2. The van der Waals surface area contributed by atoms with Crippen molar-refractivity contribution < 1.29 is 28.3 Å². The van der Waals surface area contributed by atoms with E-state index in [0.717, 1.165) is 16.8 Å². The van der Waals surface area contributed by atoms with Crippen LogP contribution in [-0.2, 0) is 20.9 Å². The average molecular weight is 446 g/mol. The fourth-order valence-corrected chi connectivity index (χ4v) is 3.49. The molecule has 2 atom stereocenters. The molecule has 8 heteroatoms. The highest BCUT2D eigenvalue weighted by atomic mass is 19.1. The molecule has 0 saturated carbocycles. The van der Waals surface area contributed by atoms with Crippen LogP contribution in [0.5, 0.6) is 0 Å². The Bertz CT molecular complexity index is 903. The summed E-state index contributed by atoms with van der Waals surface area (Å²) < 4.78 is 31.6. The molecule has 0 saturated heterocycles. The van der Waals surface area contributed by atoms with Crippen LogP contribution in [0.25, 0.3) is 0 Å². The predicted octanol–water partition coefficient (Wildman–Crippen LogP) is 3.66. The summed E-state index contributed by atoms with van der Waals surface area (Å²) >= 11 is 0. The van der Waals surface area contributed by atoms with Gasteiger partial charge in [-0.05, 0) is 41.8 Å². The lowest BCUT2D eigenvalue weighted by Gasteiger charge is -2.27. The molecular weight excluding hydrogens is 418 g/mol. The number of hydrogen-bond donors (Lipinski definition) is 1. The van der Waals surface area contributed by atoms with Crippen LogP contribution in [0.2, 0.25) is 0 Å². The lowest BCUT2D eigenvalue weighted by Crippen LogP contribution is -2.39. The Morgan fingerprint density at radius 3 is 2.50 bits per heavy atom. The summed E-state index contributed by atoms with van der Waals surface area (Å²) in [6.07, 6.45) is 0.389. The quantitative estimate of drug-likeness (QED) is 0.534. The Balaban J connectivity index is 1.59. The number of carbonyl (C=O) groups is 1. The molecule has 1 heterocycles. The zero-order valence-electron chi connectivity index (χ0n) is 18.0. The van der Waals surface area contributed by atoms with E-state index < -0.39 is 6.10 Å². The van der Waals surface area contributed by atoms with Crippen molar-refractivity contribution >= 4 is 11.7 Å². The maximum Gasteiger partial charge on any atom is 0.305 e. The van der Waals surface area contributed by atoms with E-state index in [9.17, 15) is 18.7 Å². The third kappa shape index (κ3) is 7.39. The lowest BCUT2D eigenvalue weighted by molar-refractivity contribution is -0.147. The van der Waals surface area contributed by atoms with Gasteiger partial charge in [-0.25, -0.2) is 8.78 Å². The van der Waals surface area contributed by atoms with Crippen molar-refractivity contribution in [2.24, 2.45) is 5.16 Å². The molecule has 1 aliphatic heterocycles. The number of rotatable bonds is 11. The van der Waals surface area contributed by atoms with Gasteiger partial charge >= 0.3 is 5.97 Å². The molecule has 0 aliphatic carbocycles. The molecule has 0 unspecified atom stereocenters. The standard InChI is InChI=1S/C24H28F2N2O4/c1-2-3-24(30)31-16-21(29)14-28(13-17-4-8-19(25)9-5-17)15-22-12-23(27-32-22)18-6-10-20(26)11-7-18/h4-11,21-22,29H,2-3,12-16H2,1H3/t21-,22-/m0/s1. The van der Waals surface area contributed by atoms with Crippen LogP contribution >= 0.6 is 0 Å². The second-order valence-electron chi connectivity index (χ2n) is 7.88. The minimum absolute atomic E-state index is 0.0956. The van der Waals surface area contributed by atoms with Gasteiger partial charge in [-0.15, -0.1) is 0 Å². The third-order valence-corrected chi connectivity index (χ3v) is 5.05. The highest BCUT2D eigenvalue weighted by Crippen LogP contribution is 2.19. The molecule has 32 heavy (non-hydrogen) atoms. The van der Waals surface area contributed by atoms with Crippen LogP contribution < -0.4 is 0 Å². The molecule has 3 rings (SSSR count). The van der Waals surface area contributed by atoms with Crippen molar-refractivity contribution in [2.75, 3.05) is 19.7 Å². The van der Waals surface area contributed by atoms with E-state index in [0.29, 0.717) is 32.4 Å². The second-order valence-corrected chi connectivity index (χ2v) is 7.88. The van der Waals surface area contributed by atoms with Crippen LogP contribution in [-0.4, -0.2) is 53.6 Å². The number of nitrogens with zero attached hydrogens (tertiary/aromatic N) is 2. The topological polar surface area (TPSA) is 71.4 Å². The Morgan fingerprint density at radius 2 is 1.84 bits per heavy atom. The molecule has 0 fully saturated rings. The van der Waals surface area contributed by atoms with Gasteiger partial charge in [-0.3, -0.25) is 9.69 Å². The Kier molecular flexibility index (Phi) is 8.70. The van der Waals surface area contributed by atoms with Gasteiger partial charge < -0.3 is 14.7 Å². The number of ether oxygens (including phenoxy) is 1. The first kappa shape index (κ1) is 23.8. The monoisotopic (exact) mass is 446 g/mol. The highest BCUT2D eigenvalue weighted by Gasteiger charge is 2.26. The fourth-order valence-electron chi connectivity index (χ4n) is 3.49. The van der Waals surface area contributed by atoms with Crippen LogP contribution in [0.15, 0.2) is 53.7 Å². The minimum atomic E-state index is -0.879. The van der Waals surface area contributed by atoms with Gasteiger partial charge in [0.25, 0.3) is 0 Å². The summed E-state index contributed by atoms with van der Waals surface area (Å²) in [5.74, 6) is -0.975. The zero-order valence-corrected chi connectivity index (χ0v) is 18.0. The van der Waals surface area contributed by atoms with Crippen molar-refractivity contribution in [2.45, 2.75) is 44.9 Å². The summed E-state index contributed by atoms with van der Waals surface area (Å²) in [5, 5.41) is 14.5. The van der Waals surface area contributed by atoms with Gasteiger partial charge in [0.05, 0.1) is 5.71 Å². The first-order valence-corrected chi connectivity index (χ1v) is 10.7. The van der Waals surface area contributed by atoms with Crippen LogP contribution in [0.4, 0.5) is 8.78 Å². The normalized spacial score (nSPS) is 16.5. The van der Waals surface area contributed by atoms with E-state index in [4.69, 9.17) is 9.57 Å². The largest absolute Gasteiger partial charge is 0.463 e. The van der Waals surface area contributed by atoms with Crippen molar-refractivity contribution in [1.82, 2.24) is 4.90 Å². The van der Waals surface area contributed by atoms with Gasteiger partial charge in [-0.2, -0.15) is 0 Å². The van der Waals surface area contributed by atoms with Gasteiger partial charge in [-0.1, -0.05) is 36.3 Å². The van der Waals surface area contributed by atoms with Crippen molar-refractivity contribution in [1.29, 1.82) is 0 Å². The number of hydrogen-bond acceptors (Lipinski definition) is 6. The molecule has 1 aliphatic rings. The summed E-state index contributed by atoms with van der Waals surface area (Å²) in [6.45, 7) is 2.92. The second kappa shape index (κ2) is 11.7. The molecule has 2 aromatic carbocycles. The van der Waals surface area contributed by atoms with E-state index in [2.05, 4.69) is 5.16 Å². The van der Waals surface area contributed by atoms with E-state index in [-0.39, 0.29) is 36.9 Å². The summed E-state index contributed by atoms with van der Waals surface area (Å²) in [5.41, 5.74) is 2.40. The van der Waals surface area contributed by atoms with Gasteiger partial charge in [0.1, 0.15) is 30.4 Å². The maximum absolute atomic E-state index is 13.3. The lowest BCUT2D eigenvalue weighted by atomic mass is 10.0. The molecule has 6 nitrogen and oxygen atoms in total. The predicted molar refractivity (Wildman–Crippen MR) is 116 cm³/mol. The number of oxime groups is 1. The molecule has 0 bridgehead atoms. The van der Waals surface area contributed by atoms with E-state index in [1.807, 2.05) is 11.8 Å². The molecule has 1 N–H and O–H groups in total. The van der Waals surface area contributed by atoms with Gasteiger partial charge in [0.15, 0.2) is 0 Å². The number of benzene rings is 2. The average Bonchev–Trinajstić information content (AvgIpc) is 3.23. The van der Waals surface area contributed by atoms with Crippen LogP contribution in [0.3, 0.4) is 0 Å². The van der Waals surface area contributed by atoms with E-state index in [1.165, 1.54) is 24.3 Å². The summed E-state index contributed by atoms with van der Waals surface area (Å²) in [7, 11) is 0. The molecule has 0 radical (unpaired) electrons. The Hall–Kier alpha value is -2.84. The van der Waals surface area contributed by atoms with E-state index >= 15 is 0 Å². The minimum Gasteiger partial charge on any atom is -0.463 e. The zero-order chi connectivity index (χ0) is 22.9. The molecule has 2 aromatic rings. The first-order chi connectivity index (χ1) is 15.4. The molecule has 0 amide bonds. The number of aliphatic hydroxyl groups excluding tert-OH is 1. The van der Waals surface area contributed by atoms with Gasteiger partial charge in [0, 0.05) is 32.5 Å². The number of halogens is 2. The van der Waals surface area contributed by atoms with Crippen LogP contribution in [0.1, 0.15) is 37.3 Å². The highest BCUT2D eigenvalue weighted by molar-refractivity contribution is 6.01. The van der Waals surface area contributed by atoms with Crippen molar-refractivity contribution in [3.63, 3.8) is 0 Å². The maximum atomic E-state index is 13.3. The Labute approximate surface area is 186 Å². The first-order valence-electron chi connectivity index (χ1n) is 10.7.